The van der Waals surface area contributed by atoms with E-state index >= 15 is 0 Å². The van der Waals surface area contributed by atoms with Crippen molar-refractivity contribution < 1.29 is 9.90 Å². The van der Waals surface area contributed by atoms with Crippen molar-refractivity contribution in [2.75, 3.05) is 23.7 Å². The lowest BCUT2D eigenvalue weighted by atomic mass is 10.1. The van der Waals surface area contributed by atoms with E-state index in [1.54, 1.807) is 12.4 Å². The van der Waals surface area contributed by atoms with Crippen LogP contribution >= 0.6 is 0 Å². The van der Waals surface area contributed by atoms with Gasteiger partial charge >= 0.3 is 6.09 Å². The summed E-state index contributed by atoms with van der Waals surface area (Å²) in [7, 11) is 0. The molecule has 0 unspecified atom stereocenters. The van der Waals surface area contributed by atoms with Crippen LogP contribution in [0.5, 0.6) is 0 Å². The molecule has 3 aromatic rings. The van der Waals surface area contributed by atoms with Gasteiger partial charge in [0.15, 0.2) is 0 Å². The van der Waals surface area contributed by atoms with Crippen LogP contribution in [-0.4, -0.2) is 39.2 Å². The molecule has 1 amide bonds. The molecule has 0 aliphatic carbocycles. The summed E-state index contributed by atoms with van der Waals surface area (Å²) in [5, 5.41) is 17.2. The highest BCUT2D eigenvalue weighted by Crippen LogP contribution is 2.22. The van der Waals surface area contributed by atoms with Crippen LogP contribution in [0.4, 0.5) is 22.2 Å². The summed E-state index contributed by atoms with van der Waals surface area (Å²) >= 11 is 0. The first-order valence-corrected chi connectivity index (χ1v) is 8.44. The standard InChI is InChI=1S/C19H20N6O2/c1-13-5-7-21-18(11-13)25-16-4-2-3-15(24-16)14-6-8-20-17(12-14)22-9-10-23-19(26)27/h2-8,11-12,23H,9-10H2,1H3,(H,20,22)(H,26,27)(H,21,24,25). The zero-order valence-electron chi connectivity index (χ0n) is 14.8. The number of amides is 1. The maximum Gasteiger partial charge on any atom is 0.404 e. The van der Waals surface area contributed by atoms with Crippen LogP contribution in [0, 0.1) is 6.92 Å². The molecular formula is C19H20N6O2. The monoisotopic (exact) mass is 364 g/mol. The number of pyridine rings is 3. The summed E-state index contributed by atoms with van der Waals surface area (Å²) < 4.78 is 0. The predicted molar refractivity (Wildman–Crippen MR) is 104 cm³/mol. The number of aryl methyl sites for hydroxylation is 1. The number of anilines is 3. The number of nitrogens with one attached hydrogen (secondary N) is 3. The van der Waals surface area contributed by atoms with Crippen molar-refractivity contribution in [2.24, 2.45) is 0 Å². The summed E-state index contributed by atoms with van der Waals surface area (Å²) in [4.78, 5) is 23.6. The number of hydrogen-bond acceptors (Lipinski definition) is 6. The largest absolute Gasteiger partial charge is 0.465 e. The van der Waals surface area contributed by atoms with Crippen LogP contribution in [0.15, 0.2) is 54.9 Å². The first kappa shape index (κ1) is 18.1. The van der Waals surface area contributed by atoms with Crippen molar-refractivity contribution in [3.63, 3.8) is 0 Å². The fourth-order valence-electron chi connectivity index (χ4n) is 2.45. The van der Waals surface area contributed by atoms with Crippen molar-refractivity contribution in [1.29, 1.82) is 0 Å². The number of rotatable bonds is 7. The van der Waals surface area contributed by atoms with E-state index in [4.69, 9.17) is 5.11 Å². The van der Waals surface area contributed by atoms with Crippen LogP contribution in [0.25, 0.3) is 11.3 Å². The van der Waals surface area contributed by atoms with E-state index in [9.17, 15) is 4.79 Å². The Morgan fingerprint density at radius 3 is 2.63 bits per heavy atom. The van der Waals surface area contributed by atoms with Gasteiger partial charge in [-0.3, -0.25) is 0 Å². The third-order valence-electron chi connectivity index (χ3n) is 3.68. The second kappa shape index (κ2) is 8.61. The molecule has 0 spiro atoms. The molecule has 0 fully saturated rings. The van der Waals surface area contributed by atoms with Crippen molar-refractivity contribution in [3.05, 3.63) is 60.4 Å². The number of aromatic nitrogens is 3. The Hall–Kier alpha value is -3.68. The summed E-state index contributed by atoms with van der Waals surface area (Å²) in [6.07, 6.45) is 2.39. The van der Waals surface area contributed by atoms with Gasteiger partial charge in [0.05, 0.1) is 5.69 Å². The van der Waals surface area contributed by atoms with E-state index < -0.39 is 6.09 Å². The van der Waals surface area contributed by atoms with Gasteiger partial charge in [-0.15, -0.1) is 0 Å². The van der Waals surface area contributed by atoms with Crippen LogP contribution in [0.2, 0.25) is 0 Å². The van der Waals surface area contributed by atoms with Crippen molar-refractivity contribution in [2.45, 2.75) is 6.92 Å². The highest BCUT2D eigenvalue weighted by Gasteiger charge is 2.04. The van der Waals surface area contributed by atoms with E-state index in [1.165, 1.54) is 0 Å². The van der Waals surface area contributed by atoms with Gasteiger partial charge in [-0.25, -0.2) is 19.7 Å². The number of carboxylic acid groups (broad SMARTS) is 1. The van der Waals surface area contributed by atoms with E-state index in [2.05, 4.69) is 30.9 Å². The zero-order valence-corrected chi connectivity index (χ0v) is 14.8. The topological polar surface area (TPSA) is 112 Å². The minimum atomic E-state index is -1.05. The van der Waals surface area contributed by atoms with Gasteiger partial charge in [0.1, 0.15) is 17.5 Å². The third kappa shape index (κ3) is 5.40. The van der Waals surface area contributed by atoms with Crippen molar-refractivity contribution >= 4 is 23.5 Å². The molecule has 4 N–H and O–H groups in total. The maximum absolute atomic E-state index is 10.5. The molecule has 0 aromatic carbocycles. The minimum Gasteiger partial charge on any atom is -0.465 e. The molecule has 3 heterocycles. The number of nitrogens with zero attached hydrogens (tertiary/aromatic N) is 3. The second-order valence-corrected chi connectivity index (χ2v) is 5.84. The van der Waals surface area contributed by atoms with Gasteiger partial charge < -0.3 is 21.1 Å². The van der Waals surface area contributed by atoms with Crippen LogP contribution in [0.3, 0.4) is 0 Å². The van der Waals surface area contributed by atoms with E-state index in [1.807, 2.05) is 49.4 Å². The minimum absolute atomic E-state index is 0.294. The smallest absolute Gasteiger partial charge is 0.404 e. The van der Waals surface area contributed by atoms with Crippen LogP contribution < -0.4 is 16.0 Å². The highest BCUT2D eigenvalue weighted by molar-refractivity contribution is 5.66. The van der Waals surface area contributed by atoms with Crippen LogP contribution in [-0.2, 0) is 0 Å². The summed E-state index contributed by atoms with van der Waals surface area (Å²) in [6, 6.07) is 13.4. The molecule has 0 saturated carbocycles. The average molecular weight is 364 g/mol. The Morgan fingerprint density at radius 2 is 1.81 bits per heavy atom. The third-order valence-corrected chi connectivity index (χ3v) is 3.68. The molecule has 3 aromatic heterocycles. The molecule has 0 atom stereocenters. The zero-order chi connectivity index (χ0) is 19.1. The van der Waals surface area contributed by atoms with Gasteiger partial charge in [0.25, 0.3) is 0 Å². The second-order valence-electron chi connectivity index (χ2n) is 5.84. The van der Waals surface area contributed by atoms with Crippen molar-refractivity contribution in [3.8, 4) is 11.3 Å². The normalized spacial score (nSPS) is 10.3. The molecule has 0 aliphatic rings. The Labute approximate surface area is 156 Å². The molecule has 8 nitrogen and oxygen atoms in total. The molecule has 0 bridgehead atoms. The van der Waals surface area contributed by atoms with E-state index in [0.717, 1.165) is 22.6 Å². The number of carbonyl (C=O) groups is 1. The van der Waals surface area contributed by atoms with E-state index in [0.29, 0.717) is 24.7 Å². The Kier molecular flexibility index (Phi) is 5.78. The molecule has 27 heavy (non-hydrogen) atoms. The Balaban J connectivity index is 1.71. The fourth-order valence-corrected chi connectivity index (χ4v) is 2.45. The Bertz CT molecular complexity index is 931. The SMILES string of the molecule is Cc1ccnc(Nc2cccc(-c3ccnc(NCCNC(=O)O)c3)n2)c1. The van der Waals surface area contributed by atoms with Gasteiger partial charge in [-0.2, -0.15) is 0 Å². The molecule has 3 rings (SSSR count). The molecule has 8 heteroatoms. The van der Waals surface area contributed by atoms with Gasteiger partial charge in [-0.1, -0.05) is 6.07 Å². The van der Waals surface area contributed by atoms with Gasteiger partial charge in [-0.05, 0) is 48.9 Å². The average Bonchev–Trinajstić information content (AvgIpc) is 2.66. The van der Waals surface area contributed by atoms with Gasteiger partial charge in [0, 0.05) is 31.0 Å². The maximum atomic E-state index is 10.5. The first-order valence-electron chi connectivity index (χ1n) is 8.44. The quantitative estimate of drug-likeness (QED) is 0.476. The fraction of sp³-hybridized carbons (Fsp3) is 0.158. The molecule has 0 saturated heterocycles. The molecular weight excluding hydrogens is 344 g/mol. The lowest BCUT2D eigenvalue weighted by Gasteiger charge is -2.09. The molecule has 0 aliphatic heterocycles. The van der Waals surface area contributed by atoms with Crippen LogP contribution in [0.1, 0.15) is 5.56 Å². The molecule has 138 valence electrons. The highest BCUT2D eigenvalue weighted by atomic mass is 16.4. The lowest BCUT2D eigenvalue weighted by molar-refractivity contribution is 0.195. The lowest BCUT2D eigenvalue weighted by Crippen LogP contribution is -2.27. The predicted octanol–water partition coefficient (Wildman–Crippen LogP) is 3.27. The Morgan fingerprint density at radius 1 is 1.00 bits per heavy atom. The van der Waals surface area contributed by atoms with E-state index in [-0.39, 0.29) is 0 Å². The summed E-state index contributed by atoms with van der Waals surface area (Å²) in [5.41, 5.74) is 2.81. The van der Waals surface area contributed by atoms with Crippen molar-refractivity contribution in [1.82, 2.24) is 20.3 Å². The first-order chi connectivity index (χ1) is 13.1. The van der Waals surface area contributed by atoms with Gasteiger partial charge in [0.2, 0.25) is 0 Å². The number of hydrogen-bond donors (Lipinski definition) is 4. The summed E-state index contributed by atoms with van der Waals surface area (Å²) in [5.74, 6) is 2.09. The molecule has 0 radical (unpaired) electrons. The summed E-state index contributed by atoms with van der Waals surface area (Å²) in [6.45, 7) is 2.74.